The lowest BCUT2D eigenvalue weighted by molar-refractivity contribution is -0.128. The Balaban J connectivity index is 2.48. The molecule has 4 amide bonds. The molecule has 8 heteroatoms. The number of halogens is 3. The third kappa shape index (κ3) is 2.10. The fourth-order valence-corrected chi connectivity index (χ4v) is 1.79. The van der Waals surface area contributed by atoms with Crippen molar-refractivity contribution in [3.8, 4) is 0 Å². The number of anilines is 1. The molecule has 1 aromatic rings. The van der Waals surface area contributed by atoms with Gasteiger partial charge in [0.15, 0.2) is 0 Å². The van der Waals surface area contributed by atoms with Crippen LogP contribution < -0.4 is 10.2 Å². The highest BCUT2D eigenvalue weighted by atomic mass is 79.9. The lowest BCUT2D eigenvalue weighted by Crippen LogP contribution is -2.53. The SMILES string of the molecule is O=C1CC(=O)N(c2cc(F)c(Br)cc2F)C(=O)N1. The molecule has 1 saturated heterocycles. The highest BCUT2D eigenvalue weighted by Crippen LogP contribution is 2.27. The monoisotopic (exact) mass is 318 g/mol. The fourth-order valence-electron chi connectivity index (χ4n) is 1.48. The molecule has 0 bridgehead atoms. The molecular weight excluding hydrogens is 314 g/mol. The van der Waals surface area contributed by atoms with Crippen LogP contribution in [0.1, 0.15) is 6.42 Å². The van der Waals surface area contributed by atoms with E-state index in [0.717, 1.165) is 6.07 Å². The molecule has 0 unspecified atom stereocenters. The molecule has 0 radical (unpaired) electrons. The Bertz CT molecular complexity index is 556. The van der Waals surface area contributed by atoms with Crippen LogP contribution in [0.25, 0.3) is 0 Å². The Hall–Kier alpha value is -1.83. The minimum Gasteiger partial charge on any atom is -0.277 e. The summed E-state index contributed by atoms with van der Waals surface area (Å²) in [7, 11) is 0. The number of urea groups is 1. The smallest absolute Gasteiger partial charge is 0.277 e. The van der Waals surface area contributed by atoms with Crippen molar-refractivity contribution in [2.45, 2.75) is 6.42 Å². The van der Waals surface area contributed by atoms with E-state index in [0.29, 0.717) is 11.0 Å². The summed E-state index contributed by atoms with van der Waals surface area (Å²) >= 11 is 2.77. The van der Waals surface area contributed by atoms with Gasteiger partial charge in [-0.1, -0.05) is 0 Å². The van der Waals surface area contributed by atoms with E-state index in [-0.39, 0.29) is 4.47 Å². The lowest BCUT2D eigenvalue weighted by Gasteiger charge is -2.25. The van der Waals surface area contributed by atoms with Crippen LogP contribution >= 0.6 is 15.9 Å². The second-order valence-corrected chi connectivity index (χ2v) is 4.33. The number of carbonyl (C=O) groups is 3. The first-order chi connectivity index (χ1) is 8.40. The standard InChI is InChI=1S/C10H5BrF2N2O3/c11-4-1-6(13)7(2-5(4)12)15-9(17)3-8(16)14-10(15)18/h1-2H,3H2,(H,14,16,18). The van der Waals surface area contributed by atoms with E-state index in [2.05, 4.69) is 15.9 Å². The van der Waals surface area contributed by atoms with Gasteiger partial charge in [0.05, 0.1) is 10.2 Å². The molecule has 0 atom stereocenters. The van der Waals surface area contributed by atoms with Gasteiger partial charge in [-0.2, -0.15) is 0 Å². The van der Waals surface area contributed by atoms with E-state index < -0.39 is 41.6 Å². The van der Waals surface area contributed by atoms with Crippen molar-refractivity contribution in [1.29, 1.82) is 0 Å². The summed E-state index contributed by atoms with van der Waals surface area (Å²) in [6, 6.07) is 0.394. The first-order valence-electron chi connectivity index (χ1n) is 4.71. The third-order valence-corrected chi connectivity index (χ3v) is 2.85. The average Bonchev–Trinajstić information content (AvgIpc) is 2.24. The van der Waals surface area contributed by atoms with E-state index in [9.17, 15) is 23.2 Å². The zero-order valence-corrected chi connectivity index (χ0v) is 10.3. The number of nitrogens with zero attached hydrogens (tertiary/aromatic N) is 1. The van der Waals surface area contributed by atoms with Gasteiger partial charge in [-0.25, -0.2) is 18.5 Å². The van der Waals surface area contributed by atoms with E-state index in [1.54, 1.807) is 0 Å². The van der Waals surface area contributed by atoms with Crippen molar-refractivity contribution in [3.63, 3.8) is 0 Å². The number of rotatable bonds is 1. The van der Waals surface area contributed by atoms with Gasteiger partial charge < -0.3 is 0 Å². The predicted octanol–water partition coefficient (Wildman–Crippen LogP) is 1.70. The van der Waals surface area contributed by atoms with Crippen LogP contribution in [0.2, 0.25) is 0 Å². The van der Waals surface area contributed by atoms with Gasteiger partial charge in [-0.05, 0) is 22.0 Å². The van der Waals surface area contributed by atoms with Crippen LogP contribution in [0, 0.1) is 11.6 Å². The first-order valence-corrected chi connectivity index (χ1v) is 5.50. The van der Waals surface area contributed by atoms with E-state index >= 15 is 0 Å². The number of carbonyl (C=O) groups excluding carboxylic acids is 3. The molecule has 94 valence electrons. The molecule has 2 rings (SSSR count). The molecule has 1 heterocycles. The van der Waals surface area contributed by atoms with E-state index in [4.69, 9.17) is 0 Å². The normalized spacial score (nSPS) is 15.9. The van der Waals surface area contributed by atoms with Crippen molar-refractivity contribution in [3.05, 3.63) is 28.2 Å². The topological polar surface area (TPSA) is 66.5 Å². The largest absolute Gasteiger partial charge is 0.335 e. The Morgan fingerprint density at radius 3 is 2.44 bits per heavy atom. The number of imide groups is 2. The maximum absolute atomic E-state index is 13.6. The summed E-state index contributed by atoms with van der Waals surface area (Å²) in [6.45, 7) is 0. The number of hydrogen-bond donors (Lipinski definition) is 1. The molecule has 5 nitrogen and oxygen atoms in total. The zero-order valence-electron chi connectivity index (χ0n) is 8.67. The maximum Gasteiger partial charge on any atom is 0.335 e. The Morgan fingerprint density at radius 1 is 1.17 bits per heavy atom. The number of amides is 4. The van der Waals surface area contributed by atoms with Gasteiger partial charge >= 0.3 is 6.03 Å². The van der Waals surface area contributed by atoms with Gasteiger partial charge in [0.1, 0.15) is 18.1 Å². The Morgan fingerprint density at radius 2 is 1.83 bits per heavy atom. The minimum absolute atomic E-state index is 0.135. The first kappa shape index (κ1) is 12.6. The highest BCUT2D eigenvalue weighted by Gasteiger charge is 2.34. The van der Waals surface area contributed by atoms with Crippen molar-refractivity contribution < 1.29 is 23.2 Å². The van der Waals surface area contributed by atoms with Crippen molar-refractivity contribution in [2.24, 2.45) is 0 Å². The van der Waals surface area contributed by atoms with Crippen LogP contribution in [0.4, 0.5) is 19.3 Å². The average molecular weight is 319 g/mol. The quantitative estimate of drug-likeness (QED) is 0.633. The molecule has 1 fully saturated rings. The molecule has 1 aliphatic heterocycles. The minimum atomic E-state index is -1.10. The highest BCUT2D eigenvalue weighted by molar-refractivity contribution is 9.10. The van der Waals surface area contributed by atoms with Gasteiger partial charge in [0.25, 0.3) is 0 Å². The molecular formula is C10H5BrF2N2O3. The number of hydrogen-bond acceptors (Lipinski definition) is 3. The molecule has 18 heavy (non-hydrogen) atoms. The summed E-state index contributed by atoms with van der Waals surface area (Å²) in [5.74, 6) is -3.48. The van der Waals surface area contributed by atoms with Crippen LogP contribution in [0.15, 0.2) is 16.6 Å². The molecule has 0 spiro atoms. The zero-order chi connectivity index (χ0) is 13.4. The summed E-state index contributed by atoms with van der Waals surface area (Å²) in [6.07, 6.45) is -0.594. The van der Waals surface area contributed by atoms with Crippen molar-refractivity contribution in [2.75, 3.05) is 4.90 Å². The van der Waals surface area contributed by atoms with Crippen LogP contribution in [-0.2, 0) is 9.59 Å². The second-order valence-electron chi connectivity index (χ2n) is 3.48. The molecule has 1 aromatic carbocycles. The number of nitrogens with one attached hydrogen (secondary N) is 1. The summed E-state index contributed by atoms with van der Waals surface area (Å²) in [5, 5.41) is 1.85. The van der Waals surface area contributed by atoms with Gasteiger partial charge in [0, 0.05) is 6.07 Å². The fraction of sp³-hybridized carbons (Fsp3) is 0.100. The summed E-state index contributed by atoms with van der Waals surface area (Å²) < 4.78 is 26.8. The molecule has 0 saturated carbocycles. The molecule has 0 aliphatic carbocycles. The molecule has 1 aliphatic rings. The molecule has 0 aromatic heterocycles. The molecule has 1 N–H and O–H groups in total. The maximum atomic E-state index is 13.6. The van der Waals surface area contributed by atoms with E-state index in [1.165, 1.54) is 0 Å². The number of benzene rings is 1. The van der Waals surface area contributed by atoms with Crippen LogP contribution in [0.3, 0.4) is 0 Å². The predicted molar refractivity (Wildman–Crippen MR) is 59.7 cm³/mol. The summed E-state index contributed by atoms with van der Waals surface area (Å²) in [5.41, 5.74) is -0.536. The van der Waals surface area contributed by atoms with Crippen molar-refractivity contribution in [1.82, 2.24) is 5.32 Å². The van der Waals surface area contributed by atoms with Crippen molar-refractivity contribution >= 4 is 39.5 Å². The van der Waals surface area contributed by atoms with Crippen LogP contribution in [0.5, 0.6) is 0 Å². The Labute approximate surface area is 108 Å². The lowest BCUT2D eigenvalue weighted by atomic mass is 10.2. The van der Waals surface area contributed by atoms with Gasteiger partial charge in [0.2, 0.25) is 11.8 Å². The summed E-state index contributed by atoms with van der Waals surface area (Å²) in [4.78, 5) is 34.3. The second kappa shape index (κ2) is 4.45. The third-order valence-electron chi connectivity index (χ3n) is 2.24. The van der Waals surface area contributed by atoms with E-state index in [1.807, 2.05) is 5.32 Å². The van der Waals surface area contributed by atoms with Gasteiger partial charge in [-0.15, -0.1) is 0 Å². The Kier molecular flexibility index (Phi) is 3.12. The van der Waals surface area contributed by atoms with Crippen LogP contribution in [-0.4, -0.2) is 17.8 Å². The van der Waals surface area contributed by atoms with Gasteiger partial charge in [-0.3, -0.25) is 14.9 Å². The number of barbiturate groups is 1.